The Morgan fingerprint density at radius 3 is 1.89 bits per heavy atom. The lowest BCUT2D eigenvalue weighted by Gasteiger charge is -2.30. The summed E-state index contributed by atoms with van der Waals surface area (Å²) in [6.07, 6.45) is 0.0618. The minimum absolute atomic E-state index is 0.00427. The first-order valence-corrected chi connectivity index (χ1v) is 12.1. The smallest absolute Gasteiger partial charge is 0.320 e. The van der Waals surface area contributed by atoms with Gasteiger partial charge in [-0.15, -0.1) is 0 Å². The number of amides is 1. The second kappa shape index (κ2) is 15.1. The quantitative estimate of drug-likeness (QED) is 0.220. The van der Waals surface area contributed by atoms with Gasteiger partial charge in [0.2, 0.25) is 5.91 Å². The average molecular weight is 524 g/mol. The Balaban J connectivity index is 1.97. The number of aliphatic carboxylic acids is 3. The number of carbonyl (C=O) groups is 4. The van der Waals surface area contributed by atoms with E-state index < -0.39 is 23.9 Å². The van der Waals surface area contributed by atoms with Crippen LogP contribution in [0.2, 0.25) is 0 Å². The molecule has 0 spiro atoms. The molecule has 0 radical (unpaired) electrons. The zero-order chi connectivity index (χ0) is 26.5. The molecular weight excluding hydrogens is 490 g/mol. The van der Waals surface area contributed by atoms with Crippen LogP contribution >= 0.6 is 12.2 Å². The van der Waals surface area contributed by atoms with E-state index in [1.165, 1.54) is 5.49 Å². The summed E-state index contributed by atoms with van der Waals surface area (Å²) in [5, 5.41) is 33.9. The molecule has 0 bridgehead atoms. The number of rotatable bonds is 13. The lowest BCUT2D eigenvalue weighted by molar-refractivity contribution is -0.144. The molecule has 1 aromatic rings. The third-order valence-corrected chi connectivity index (χ3v) is 6.01. The molecule has 1 heterocycles. The maximum Gasteiger partial charge on any atom is 0.320 e. The van der Waals surface area contributed by atoms with Crippen molar-refractivity contribution in [1.29, 1.82) is 0 Å². The van der Waals surface area contributed by atoms with E-state index in [4.69, 9.17) is 12.2 Å². The van der Waals surface area contributed by atoms with E-state index >= 15 is 0 Å². The fourth-order valence-electron chi connectivity index (χ4n) is 3.97. The van der Waals surface area contributed by atoms with Crippen LogP contribution in [0.25, 0.3) is 0 Å². The van der Waals surface area contributed by atoms with E-state index in [1.807, 2.05) is 24.3 Å². The Hall–Kier alpha value is -3.13. The highest BCUT2D eigenvalue weighted by Crippen LogP contribution is 2.12. The molecule has 5 N–H and O–H groups in total. The number of carbonyl (C=O) groups excluding carboxylic acids is 1. The molecule has 1 aromatic carbocycles. The Kier molecular flexibility index (Phi) is 12.2. The van der Waals surface area contributed by atoms with Crippen LogP contribution in [0, 0.1) is 0 Å². The maximum atomic E-state index is 12.4. The van der Waals surface area contributed by atoms with E-state index in [2.05, 4.69) is 10.6 Å². The van der Waals surface area contributed by atoms with Gasteiger partial charge in [-0.05, 0) is 24.1 Å². The van der Waals surface area contributed by atoms with Gasteiger partial charge in [-0.25, -0.2) is 0 Å². The second-order valence-corrected chi connectivity index (χ2v) is 8.74. The topological polar surface area (TPSA) is 163 Å². The second-order valence-electron chi connectivity index (χ2n) is 8.50. The average Bonchev–Trinajstić information content (AvgIpc) is 2.90. The summed E-state index contributed by atoms with van der Waals surface area (Å²) in [6.45, 7) is 1.77. The standard InChI is InChI=1S/C23H33N5O7S/c29-20(24-13-17-1-3-18(4-2-17)25-16-36)6-5-19(23(34)35)28-11-9-26(14-21(30)31)7-8-27(10-12-28)15-22(32)33/h1-4,16,19H,5-15H2,(H,24,29)(H,25,36)(H,30,31)(H,32,33)(H,34,35). The van der Waals surface area contributed by atoms with Gasteiger partial charge in [0, 0.05) is 57.9 Å². The molecule has 1 aliphatic heterocycles. The number of carboxylic acid groups (broad SMARTS) is 3. The molecule has 12 nitrogen and oxygen atoms in total. The van der Waals surface area contributed by atoms with Crippen molar-refractivity contribution in [3.05, 3.63) is 29.8 Å². The molecule has 13 heteroatoms. The van der Waals surface area contributed by atoms with Gasteiger partial charge in [0.1, 0.15) is 6.04 Å². The highest BCUT2D eigenvalue weighted by atomic mass is 32.1. The van der Waals surface area contributed by atoms with Crippen molar-refractivity contribution in [1.82, 2.24) is 20.0 Å². The number of nitrogens with one attached hydrogen (secondary N) is 2. The van der Waals surface area contributed by atoms with E-state index in [1.54, 1.807) is 14.7 Å². The Labute approximate surface area is 214 Å². The molecule has 1 amide bonds. The van der Waals surface area contributed by atoms with Crippen molar-refractivity contribution in [2.45, 2.75) is 25.4 Å². The summed E-state index contributed by atoms with van der Waals surface area (Å²) >= 11 is 4.74. The molecule has 36 heavy (non-hydrogen) atoms. The molecule has 0 aromatic heterocycles. The zero-order valence-corrected chi connectivity index (χ0v) is 20.8. The van der Waals surface area contributed by atoms with Crippen LogP contribution in [0.1, 0.15) is 18.4 Å². The molecule has 1 atom stereocenters. The summed E-state index contributed by atoms with van der Waals surface area (Å²) in [6, 6.07) is 6.38. The number of benzene rings is 1. The van der Waals surface area contributed by atoms with Gasteiger partial charge < -0.3 is 26.0 Å². The van der Waals surface area contributed by atoms with Gasteiger partial charge in [-0.1, -0.05) is 24.4 Å². The van der Waals surface area contributed by atoms with Crippen molar-refractivity contribution in [2.24, 2.45) is 0 Å². The molecule has 0 saturated carbocycles. The van der Waals surface area contributed by atoms with E-state index in [9.17, 15) is 34.5 Å². The van der Waals surface area contributed by atoms with Crippen molar-refractivity contribution in [2.75, 3.05) is 57.7 Å². The van der Waals surface area contributed by atoms with Crippen LogP contribution < -0.4 is 10.6 Å². The molecule has 2 rings (SSSR count). The van der Waals surface area contributed by atoms with E-state index in [-0.39, 0.29) is 44.9 Å². The van der Waals surface area contributed by atoms with Crippen molar-refractivity contribution in [3.63, 3.8) is 0 Å². The first-order valence-electron chi connectivity index (χ1n) is 11.6. The summed E-state index contributed by atoms with van der Waals surface area (Å²) in [7, 11) is 0. The summed E-state index contributed by atoms with van der Waals surface area (Å²) in [5.41, 5.74) is 3.11. The van der Waals surface area contributed by atoms with Crippen LogP contribution in [-0.4, -0.2) is 118 Å². The third kappa shape index (κ3) is 10.6. The monoisotopic (exact) mass is 523 g/mol. The Bertz CT molecular complexity index is 887. The first kappa shape index (κ1) is 29.1. The lowest BCUT2D eigenvalue weighted by Crippen LogP contribution is -2.47. The van der Waals surface area contributed by atoms with Crippen LogP contribution in [-0.2, 0) is 25.7 Å². The predicted octanol–water partition coefficient (Wildman–Crippen LogP) is -0.00590. The summed E-state index contributed by atoms with van der Waals surface area (Å²) < 4.78 is 0. The minimum Gasteiger partial charge on any atom is -0.480 e. The zero-order valence-electron chi connectivity index (χ0n) is 20.0. The molecular formula is C23H33N5O7S. The van der Waals surface area contributed by atoms with Gasteiger partial charge in [0.15, 0.2) is 0 Å². The van der Waals surface area contributed by atoms with Crippen LogP contribution in [0.5, 0.6) is 0 Å². The number of hydrogen-bond acceptors (Lipinski definition) is 8. The number of anilines is 1. The van der Waals surface area contributed by atoms with Crippen molar-refractivity contribution >= 4 is 47.2 Å². The van der Waals surface area contributed by atoms with E-state index in [0.29, 0.717) is 32.7 Å². The van der Waals surface area contributed by atoms with Crippen LogP contribution in [0.15, 0.2) is 24.3 Å². The number of hydrogen-bond donors (Lipinski definition) is 5. The van der Waals surface area contributed by atoms with Gasteiger partial charge in [0.25, 0.3) is 0 Å². The normalized spacial score (nSPS) is 16.7. The minimum atomic E-state index is -1.08. The van der Waals surface area contributed by atoms with Crippen molar-refractivity contribution in [3.8, 4) is 0 Å². The number of thiocarbonyl (C=S) groups is 1. The van der Waals surface area contributed by atoms with Gasteiger partial charge in [0.05, 0.1) is 18.6 Å². The number of nitrogens with zero attached hydrogens (tertiary/aromatic N) is 3. The van der Waals surface area contributed by atoms with E-state index in [0.717, 1.165) is 11.3 Å². The van der Waals surface area contributed by atoms with Gasteiger partial charge in [-0.2, -0.15) is 0 Å². The Morgan fingerprint density at radius 1 is 0.889 bits per heavy atom. The lowest BCUT2D eigenvalue weighted by atomic mass is 10.1. The molecule has 0 aliphatic carbocycles. The highest BCUT2D eigenvalue weighted by Gasteiger charge is 2.28. The molecule has 1 saturated heterocycles. The summed E-state index contributed by atoms with van der Waals surface area (Å²) in [4.78, 5) is 51.9. The SMILES string of the molecule is O=C(O)CN1CCN(CC(=O)O)CCN(C(CCC(=O)NCc2ccc(NC=S)cc2)C(=O)O)CC1. The third-order valence-electron chi connectivity index (χ3n) is 5.90. The fourth-order valence-corrected chi connectivity index (χ4v) is 4.11. The van der Waals surface area contributed by atoms with Gasteiger partial charge in [-0.3, -0.25) is 33.9 Å². The molecule has 1 unspecified atom stereocenters. The maximum absolute atomic E-state index is 12.4. The van der Waals surface area contributed by atoms with Crippen LogP contribution in [0.4, 0.5) is 5.69 Å². The first-order chi connectivity index (χ1) is 17.2. The summed E-state index contributed by atoms with van der Waals surface area (Å²) in [5.74, 6) is -3.40. The molecule has 198 valence electrons. The van der Waals surface area contributed by atoms with Crippen molar-refractivity contribution < 1.29 is 34.5 Å². The highest BCUT2D eigenvalue weighted by molar-refractivity contribution is 7.79. The predicted molar refractivity (Wildman–Crippen MR) is 136 cm³/mol. The largest absolute Gasteiger partial charge is 0.480 e. The van der Waals surface area contributed by atoms with Crippen LogP contribution in [0.3, 0.4) is 0 Å². The molecule has 1 fully saturated rings. The number of carboxylic acids is 3. The molecule has 1 aliphatic rings. The Morgan fingerprint density at radius 2 is 1.42 bits per heavy atom. The van der Waals surface area contributed by atoms with Gasteiger partial charge >= 0.3 is 17.9 Å². The fraction of sp³-hybridized carbons (Fsp3) is 0.522.